The van der Waals surface area contributed by atoms with E-state index in [9.17, 15) is 10.2 Å². The fourth-order valence-corrected chi connectivity index (χ4v) is 8.58. The van der Waals surface area contributed by atoms with E-state index < -0.39 is 0 Å². The van der Waals surface area contributed by atoms with Crippen LogP contribution in [0.3, 0.4) is 0 Å². The highest BCUT2D eigenvalue weighted by atomic mass is 16.3. The van der Waals surface area contributed by atoms with Crippen molar-refractivity contribution in [3.8, 4) is 0 Å². The zero-order valence-corrected chi connectivity index (χ0v) is 19.7. The molecule has 29 heavy (non-hydrogen) atoms. The number of hydrogen-bond donors (Lipinski definition) is 2. The number of fused-ring (bicyclic) bond motifs is 5. The van der Waals surface area contributed by atoms with Crippen LogP contribution in [0.4, 0.5) is 0 Å². The van der Waals surface area contributed by atoms with Gasteiger partial charge < -0.3 is 10.2 Å². The second-order valence-corrected chi connectivity index (χ2v) is 12.3. The molecule has 4 rings (SSSR count). The highest BCUT2D eigenvalue weighted by Gasteiger charge is 2.59. The minimum atomic E-state index is -0.355. The number of rotatable bonds is 5. The number of allylic oxidation sites excluding steroid dienone is 1. The standard InChI is InChI=1S/C27H46O2/c1-17(2)7-6-8-18(3)21-9-10-22-20-16-25(29)24-15-19(28)11-13-27(24,5)23(20)12-14-26(21,22)4/h16-19,21-25,28-29H,6-15H2,1-5H3/t18-,19+,21-,22+,23+,24-,25?,26-,27-/m1/s1. The summed E-state index contributed by atoms with van der Waals surface area (Å²) in [6, 6.07) is 0. The Morgan fingerprint density at radius 2 is 1.62 bits per heavy atom. The maximum absolute atomic E-state index is 11.1. The highest BCUT2D eigenvalue weighted by molar-refractivity contribution is 5.29. The van der Waals surface area contributed by atoms with Crippen LogP contribution in [0.5, 0.6) is 0 Å². The van der Waals surface area contributed by atoms with Crippen LogP contribution in [0.25, 0.3) is 0 Å². The van der Waals surface area contributed by atoms with Gasteiger partial charge in [0.1, 0.15) is 0 Å². The largest absolute Gasteiger partial charge is 0.393 e. The summed E-state index contributed by atoms with van der Waals surface area (Å²) in [6.45, 7) is 12.2. The fraction of sp³-hybridized carbons (Fsp3) is 0.926. The molecule has 166 valence electrons. The van der Waals surface area contributed by atoms with Crippen LogP contribution in [0.2, 0.25) is 0 Å². The Labute approximate surface area is 179 Å². The van der Waals surface area contributed by atoms with Crippen LogP contribution in [0.1, 0.15) is 98.8 Å². The number of aliphatic hydroxyl groups excluding tert-OH is 2. The summed E-state index contributed by atoms with van der Waals surface area (Å²) in [4.78, 5) is 0. The normalized spacial score (nSPS) is 47.9. The van der Waals surface area contributed by atoms with E-state index in [0.29, 0.717) is 17.3 Å². The molecule has 0 saturated heterocycles. The maximum atomic E-state index is 11.1. The van der Waals surface area contributed by atoms with Crippen LogP contribution in [-0.2, 0) is 0 Å². The molecule has 2 heteroatoms. The van der Waals surface area contributed by atoms with Gasteiger partial charge in [0.05, 0.1) is 12.2 Å². The van der Waals surface area contributed by atoms with Gasteiger partial charge in [0, 0.05) is 0 Å². The van der Waals surface area contributed by atoms with Gasteiger partial charge >= 0.3 is 0 Å². The molecule has 0 amide bonds. The molecule has 4 aliphatic rings. The molecule has 3 fully saturated rings. The molecule has 1 unspecified atom stereocenters. The summed E-state index contributed by atoms with van der Waals surface area (Å²) in [5, 5.41) is 21.3. The molecule has 0 spiro atoms. The second-order valence-electron chi connectivity index (χ2n) is 12.3. The van der Waals surface area contributed by atoms with Gasteiger partial charge in [0.15, 0.2) is 0 Å². The lowest BCUT2D eigenvalue weighted by Crippen LogP contribution is -2.53. The predicted octanol–water partition coefficient (Wildman–Crippen LogP) is 6.36. The van der Waals surface area contributed by atoms with Crippen molar-refractivity contribution in [1.29, 1.82) is 0 Å². The van der Waals surface area contributed by atoms with Gasteiger partial charge in [-0.25, -0.2) is 0 Å². The van der Waals surface area contributed by atoms with Crippen LogP contribution >= 0.6 is 0 Å². The molecule has 9 atom stereocenters. The average molecular weight is 403 g/mol. The molecule has 2 N–H and O–H groups in total. The molecule has 0 bridgehead atoms. The van der Waals surface area contributed by atoms with Crippen molar-refractivity contribution >= 4 is 0 Å². The van der Waals surface area contributed by atoms with Gasteiger partial charge in [-0.1, -0.05) is 65.5 Å². The Morgan fingerprint density at radius 1 is 0.931 bits per heavy atom. The highest BCUT2D eigenvalue weighted by Crippen LogP contribution is 2.66. The summed E-state index contributed by atoms with van der Waals surface area (Å²) < 4.78 is 0. The van der Waals surface area contributed by atoms with E-state index in [0.717, 1.165) is 37.0 Å². The van der Waals surface area contributed by atoms with Crippen LogP contribution in [0, 0.1) is 46.3 Å². The topological polar surface area (TPSA) is 40.5 Å². The Kier molecular flexibility index (Phi) is 6.01. The van der Waals surface area contributed by atoms with E-state index in [4.69, 9.17) is 0 Å². The van der Waals surface area contributed by atoms with Crippen molar-refractivity contribution in [1.82, 2.24) is 0 Å². The molecule has 0 radical (unpaired) electrons. The van der Waals surface area contributed by atoms with Crippen LogP contribution < -0.4 is 0 Å². The van der Waals surface area contributed by atoms with Gasteiger partial charge in [0.25, 0.3) is 0 Å². The molecule has 0 aromatic carbocycles. The first kappa shape index (κ1) is 21.9. The molecule has 2 nitrogen and oxygen atoms in total. The minimum absolute atomic E-state index is 0.186. The van der Waals surface area contributed by atoms with Crippen molar-refractivity contribution in [3.63, 3.8) is 0 Å². The monoisotopic (exact) mass is 402 g/mol. The molecule has 0 aromatic rings. The molecular weight excluding hydrogens is 356 g/mol. The number of aliphatic hydroxyl groups is 2. The molecule has 0 aliphatic heterocycles. The Bertz CT molecular complexity index is 624. The Hall–Kier alpha value is -0.340. The van der Waals surface area contributed by atoms with E-state index in [1.165, 1.54) is 44.9 Å². The Morgan fingerprint density at radius 3 is 2.34 bits per heavy atom. The summed E-state index contributed by atoms with van der Waals surface area (Å²) in [5.41, 5.74) is 2.24. The summed E-state index contributed by atoms with van der Waals surface area (Å²) in [6.07, 6.45) is 14.0. The smallest absolute Gasteiger partial charge is 0.0758 e. The zero-order chi connectivity index (χ0) is 21.0. The zero-order valence-electron chi connectivity index (χ0n) is 19.7. The van der Waals surface area contributed by atoms with E-state index in [-0.39, 0.29) is 23.5 Å². The SMILES string of the molecule is CC(C)CCC[C@@H](C)[C@H]1CC[C@H]2C3=CC(O)[C@H]4C[C@@H](O)CC[C@]4(C)[C@H]3CC[C@]12C. The Balaban J connectivity index is 1.54. The summed E-state index contributed by atoms with van der Waals surface area (Å²) >= 11 is 0. The van der Waals surface area contributed by atoms with Gasteiger partial charge in [-0.15, -0.1) is 0 Å². The van der Waals surface area contributed by atoms with Gasteiger partial charge in [-0.2, -0.15) is 0 Å². The number of hydrogen-bond acceptors (Lipinski definition) is 2. The van der Waals surface area contributed by atoms with Crippen molar-refractivity contribution < 1.29 is 10.2 Å². The lowest BCUT2D eigenvalue weighted by Gasteiger charge is -2.58. The molecule has 0 aromatic heterocycles. The third-order valence-corrected chi connectivity index (χ3v) is 10.3. The molecule has 4 aliphatic carbocycles. The van der Waals surface area contributed by atoms with Crippen molar-refractivity contribution in [2.24, 2.45) is 46.3 Å². The van der Waals surface area contributed by atoms with Crippen molar-refractivity contribution in [2.45, 2.75) is 111 Å². The molecule has 3 saturated carbocycles. The molecular formula is C27H46O2. The average Bonchev–Trinajstić information content (AvgIpc) is 3.00. The van der Waals surface area contributed by atoms with E-state index in [1.807, 2.05) is 0 Å². The maximum Gasteiger partial charge on any atom is 0.0758 e. The fourth-order valence-electron chi connectivity index (χ4n) is 8.58. The second kappa shape index (κ2) is 7.97. The quantitative estimate of drug-likeness (QED) is 0.525. The first-order valence-corrected chi connectivity index (χ1v) is 12.7. The summed E-state index contributed by atoms with van der Waals surface area (Å²) in [5.74, 6) is 4.05. The van der Waals surface area contributed by atoms with Crippen molar-refractivity contribution in [3.05, 3.63) is 11.6 Å². The van der Waals surface area contributed by atoms with Gasteiger partial charge in [-0.05, 0) is 91.3 Å². The third-order valence-electron chi connectivity index (χ3n) is 10.3. The van der Waals surface area contributed by atoms with Crippen LogP contribution in [0.15, 0.2) is 11.6 Å². The third kappa shape index (κ3) is 3.65. The van der Waals surface area contributed by atoms with Gasteiger partial charge in [-0.3, -0.25) is 0 Å². The van der Waals surface area contributed by atoms with E-state index >= 15 is 0 Å². The predicted molar refractivity (Wildman–Crippen MR) is 120 cm³/mol. The molecule has 0 heterocycles. The van der Waals surface area contributed by atoms with Crippen molar-refractivity contribution in [2.75, 3.05) is 0 Å². The van der Waals surface area contributed by atoms with E-state index in [2.05, 4.69) is 40.7 Å². The minimum Gasteiger partial charge on any atom is -0.393 e. The van der Waals surface area contributed by atoms with Gasteiger partial charge in [0.2, 0.25) is 0 Å². The first-order valence-electron chi connectivity index (χ1n) is 12.7. The summed E-state index contributed by atoms with van der Waals surface area (Å²) in [7, 11) is 0. The first-order chi connectivity index (χ1) is 13.7. The lowest BCUT2D eigenvalue weighted by atomic mass is 9.47. The lowest BCUT2D eigenvalue weighted by molar-refractivity contribution is -0.0835. The van der Waals surface area contributed by atoms with E-state index in [1.54, 1.807) is 5.57 Å². The van der Waals surface area contributed by atoms with Crippen LogP contribution in [-0.4, -0.2) is 22.4 Å².